The minimum Gasteiger partial charge on any atom is -0.490 e. The third-order valence-corrected chi connectivity index (χ3v) is 8.52. The lowest BCUT2D eigenvalue weighted by Crippen LogP contribution is -2.52. The van der Waals surface area contributed by atoms with Crippen LogP contribution in [0.1, 0.15) is 41.4 Å². The lowest BCUT2D eigenvalue weighted by Gasteiger charge is -2.34. The second-order valence-electron chi connectivity index (χ2n) is 11.2. The fraction of sp³-hybridized carbons (Fsp3) is 0.448. The fourth-order valence-electron chi connectivity index (χ4n) is 5.86. The Kier molecular flexibility index (Phi) is 6.11. The Morgan fingerprint density at radius 1 is 1.12 bits per heavy atom. The van der Waals surface area contributed by atoms with Gasteiger partial charge in [-0.25, -0.2) is 14.2 Å². The maximum atomic E-state index is 15.4. The van der Waals surface area contributed by atoms with Crippen LogP contribution in [0.25, 0.3) is 11.1 Å². The summed E-state index contributed by atoms with van der Waals surface area (Å²) in [6.45, 7) is 6.99. The van der Waals surface area contributed by atoms with E-state index in [2.05, 4.69) is 27.4 Å². The standard InChI is InChI=1S/C29H31FN6O5/c1-2-34-9-11-35(12-10-34)23-8-7-20-19(31-23)13-22(41-20)29(27(38)32-28(39)33-29)16-36-14-18-5-6-21(40-15-17-3-4-17)25(30)24(18)26(36)37/h5-8,13,17H,2-4,9-12,14-16H2,1H3,(H2,32,33,38,39). The van der Waals surface area contributed by atoms with Crippen molar-refractivity contribution in [2.75, 3.05) is 50.8 Å². The summed E-state index contributed by atoms with van der Waals surface area (Å²) in [4.78, 5) is 49.8. The summed E-state index contributed by atoms with van der Waals surface area (Å²) in [6.07, 6.45) is 2.12. The van der Waals surface area contributed by atoms with E-state index in [4.69, 9.17) is 14.1 Å². The number of urea groups is 1. The number of benzene rings is 1. The van der Waals surface area contributed by atoms with Crippen LogP contribution in [-0.4, -0.2) is 78.5 Å². The Labute approximate surface area is 235 Å². The largest absolute Gasteiger partial charge is 0.490 e. The number of furan rings is 1. The van der Waals surface area contributed by atoms with Crippen LogP contribution in [-0.2, 0) is 16.9 Å². The number of ether oxygens (including phenoxy) is 1. The van der Waals surface area contributed by atoms with Gasteiger partial charge < -0.3 is 29.2 Å². The summed E-state index contributed by atoms with van der Waals surface area (Å²) in [5.74, 6) is -0.517. The first-order valence-corrected chi connectivity index (χ1v) is 14.1. The van der Waals surface area contributed by atoms with E-state index in [1.54, 1.807) is 18.2 Å². The van der Waals surface area contributed by atoms with Crippen LogP contribution in [0, 0.1) is 11.7 Å². The monoisotopic (exact) mass is 562 g/mol. The second-order valence-corrected chi connectivity index (χ2v) is 11.2. The average molecular weight is 563 g/mol. The van der Waals surface area contributed by atoms with Gasteiger partial charge in [-0.15, -0.1) is 0 Å². The minimum absolute atomic E-state index is 0.0442. The summed E-state index contributed by atoms with van der Waals surface area (Å²) in [5.41, 5.74) is -0.306. The molecule has 3 aromatic rings. The predicted octanol–water partition coefficient (Wildman–Crippen LogP) is 2.59. The van der Waals surface area contributed by atoms with Gasteiger partial charge in [-0.3, -0.25) is 14.9 Å². The normalized spacial score (nSPS) is 22.8. The topological polar surface area (TPSA) is 120 Å². The zero-order valence-corrected chi connectivity index (χ0v) is 22.7. The number of imide groups is 1. The number of piperazine rings is 1. The predicted molar refractivity (Wildman–Crippen MR) is 146 cm³/mol. The van der Waals surface area contributed by atoms with Crippen molar-refractivity contribution in [2.24, 2.45) is 5.92 Å². The van der Waals surface area contributed by atoms with Gasteiger partial charge in [-0.2, -0.15) is 0 Å². The smallest absolute Gasteiger partial charge is 0.322 e. The maximum Gasteiger partial charge on any atom is 0.322 e. The van der Waals surface area contributed by atoms with Crippen molar-refractivity contribution in [1.82, 2.24) is 25.4 Å². The molecule has 3 fully saturated rings. The zero-order chi connectivity index (χ0) is 28.3. The molecular formula is C29H31FN6O5. The molecule has 214 valence electrons. The van der Waals surface area contributed by atoms with Gasteiger partial charge in [0.25, 0.3) is 11.8 Å². The SMILES string of the molecule is CCN1CCN(c2ccc3oc(C4(CN5Cc6ccc(OCC7CC7)c(F)c6C5=O)NC(=O)NC4=O)cc3n2)CC1. The van der Waals surface area contributed by atoms with Crippen LogP contribution in [0.4, 0.5) is 15.0 Å². The van der Waals surface area contributed by atoms with Gasteiger partial charge in [0.15, 0.2) is 22.7 Å². The number of hydrogen-bond acceptors (Lipinski definition) is 8. The average Bonchev–Trinajstić information content (AvgIpc) is 3.50. The number of hydrogen-bond donors (Lipinski definition) is 2. The van der Waals surface area contributed by atoms with Gasteiger partial charge in [0.2, 0.25) is 0 Å². The summed E-state index contributed by atoms with van der Waals surface area (Å²) in [6, 6.07) is 7.81. The van der Waals surface area contributed by atoms with Crippen LogP contribution < -0.4 is 20.3 Å². The molecule has 2 N–H and O–H groups in total. The molecule has 2 aromatic heterocycles. The Hall–Kier alpha value is -4.19. The molecule has 0 bridgehead atoms. The van der Waals surface area contributed by atoms with E-state index in [-0.39, 0.29) is 30.2 Å². The van der Waals surface area contributed by atoms with Crippen LogP contribution in [0.3, 0.4) is 0 Å². The fourth-order valence-corrected chi connectivity index (χ4v) is 5.86. The molecule has 4 amide bonds. The Bertz CT molecular complexity index is 1560. The molecule has 12 heteroatoms. The maximum absolute atomic E-state index is 15.4. The van der Waals surface area contributed by atoms with Crippen molar-refractivity contribution in [3.05, 3.63) is 53.0 Å². The van der Waals surface area contributed by atoms with Crippen molar-refractivity contribution >= 4 is 34.8 Å². The van der Waals surface area contributed by atoms with Crippen molar-refractivity contribution in [2.45, 2.75) is 31.8 Å². The Balaban J connectivity index is 1.17. The molecule has 41 heavy (non-hydrogen) atoms. The lowest BCUT2D eigenvalue weighted by molar-refractivity contribution is -0.125. The number of likely N-dealkylation sites (N-methyl/N-ethyl adjacent to an activating group) is 1. The van der Waals surface area contributed by atoms with Gasteiger partial charge in [-0.1, -0.05) is 13.0 Å². The molecule has 1 aromatic carbocycles. The van der Waals surface area contributed by atoms with Gasteiger partial charge in [0.05, 0.1) is 18.7 Å². The molecule has 7 rings (SSSR count). The minimum atomic E-state index is -1.70. The van der Waals surface area contributed by atoms with Crippen molar-refractivity contribution in [3.8, 4) is 5.75 Å². The molecule has 3 aliphatic heterocycles. The number of nitrogens with zero attached hydrogens (tertiary/aromatic N) is 4. The molecular weight excluding hydrogens is 531 g/mol. The third kappa shape index (κ3) is 4.46. The number of anilines is 1. The molecule has 5 heterocycles. The number of amides is 4. The van der Waals surface area contributed by atoms with Crippen LogP contribution in [0.2, 0.25) is 0 Å². The van der Waals surface area contributed by atoms with Crippen LogP contribution in [0.15, 0.2) is 34.7 Å². The quantitative estimate of drug-likeness (QED) is 0.402. The number of aromatic nitrogens is 1. The van der Waals surface area contributed by atoms with E-state index in [1.165, 1.54) is 11.0 Å². The van der Waals surface area contributed by atoms with E-state index in [9.17, 15) is 14.4 Å². The second kappa shape index (κ2) is 9.72. The molecule has 11 nitrogen and oxygen atoms in total. The Morgan fingerprint density at radius 2 is 1.93 bits per heavy atom. The van der Waals surface area contributed by atoms with E-state index in [1.807, 2.05) is 6.07 Å². The van der Waals surface area contributed by atoms with Gasteiger partial charge in [0, 0.05) is 38.8 Å². The number of halogens is 1. The molecule has 4 aliphatic rings. The van der Waals surface area contributed by atoms with Crippen molar-refractivity contribution in [1.29, 1.82) is 0 Å². The van der Waals surface area contributed by atoms with Crippen LogP contribution in [0.5, 0.6) is 5.75 Å². The molecule has 1 saturated carbocycles. The number of rotatable bonds is 8. The highest BCUT2D eigenvalue weighted by atomic mass is 19.1. The molecule has 0 spiro atoms. The Morgan fingerprint density at radius 3 is 2.63 bits per heavy atom. The molecule has 1 aliphatic carbocycles. The summed E-state index contributed by atoms with van der Waals surface area (Å²) < 4.78 is 27.1. The van der Waals surface area contributed by atoms with E-state index in [0.717, 1.165) is 51.4 Å². The van der Waals surface area contributed by atoms with E-state index >= 15 is 4.39 Å². The van der Waals surface area contributed by atoms with Crippen molar-refractivity contribution in [3.63, 3.8) is 0 Å². The third-order valence-electron chi connectivity index (χ3n) is 8.52. The highest BCUT2D eigenvalue weighted by Crippen LogP contribution is 2.37. The number of carbonyl (C=O) groups excluding carboxylic acids is 3. The highest BCUT2D eigenvalue weighted by Gasteiger charge is 2.53. The lowest BCUT2D eigenvalue weighted by atomic mass is 9.95. The van der Waals surface area contributed by atoms with E-state index in [0.29, 0.717) is 29.2 Å². The summed E-state index contributed by atoms with van der Waals surface area (Å²) in [5, 5.41) is 4.95. The van der Waals surface area contributed by atoms with E-state index < -0.39 is 29.2 Å². The number of pyridine rings is 1. The molecule has 0 radical (unpaired) electrons. The van der Waals surface area contributed by atoms with Gasteiger partial charge in [-0.05, 0) is 49.1 Å². The first kappa shape index (κ1) is 25.8. The molecule has 2 saturated heterocycles. The van der Waals surface area contributed by atoms with Crippen molar-refractivity contribution < 1.29 is 27.9 Å². The summed E-state index contributed by atoms with van der Waals surface area (Å²) in [7, 11) is 0. The number of carbonyl (C=O) groups is 3. The van der Waals surface area contributed by atoms with Gasteiger partial charge in [0.1, 0.15) is 17.1 Å². The number of fused-ring (bicyclic) bond motifs is 2. The van der Waals surface area contributed by atoms with Crippen LogP contribution >= 0.6 is 0 Å². The summed E-state index contributed by atoms with van der Waals surface area (Å²) >= 11 is 0. The molecule has 1 unspecified atom stereocenters. The first-order valence-electron chi connectivity index (χ1n) is 14.1. The first-order chi connectivity index (χ1) is 19.8. The highest BCUT2D eigenvalue weighted by molar-refractivity contribution is 6.08. The zero-order valence-electron chi connectivity index (χ0n) is 22.7. The number of nitrogens with one attached hydrogen (secondary N) is 2. The van der Waals surface area contributed by atoms with Gasteiger partial charge >= 0.3 is 6.03 Å². The molecule has 1 atom stereocenters.